The molecule has 2 aromatic rings. The van der Waals surface area contributed by atoms with Crippen LogP contribution >= 0.6 is 0 Å². The van der Waals surface area contributed by atoms with Gasteiger partial charge in [0.25, 0.3) is 0 Å². The quantitative estimate of drug-likeness (QED) is 0.908. The van der Waals surface area contributed by atoms with Crippen molar-refractivity contribution in [3.8, 4) is 0 Å². The van der Waals surface area contributed by atoms with Crippen molar-refractivity contribution in [1.29, 1.82) is 0 Å². The lowest BCUT2D eigenvalue weighted by Gasteiger charge is -2.13. The van der Waals surface area contributed by atoms with Crippen molar-refractivity contribution in [1.82, 2.24) is 0 Å². The van der Waals surface area contributed by atoms with E-state index < -0.39 is 6.10 Å². The Morgan fingerprint density at radius 3 is 2.60 bits per heavy atom. The maximum atomic E-state index is 14.1. The molecular formula is C17H19FO2. The van der Waals surface area contributed by atoms with Crippen molar-refractivity contribution in [2.45, 2.75) is 39.2 Å². The molecule has 1 aromatic carbocycles. The third-order valence-corrected chi connectivity index (χ3v) is 4.15. The lowest BCUT2D eigenvalue weighted by molar-refractivity contribution is 0.181. The Labute approximate surface area is 118 Å². The van der Waals surface area contributed by atoms with Gasteiger partial charge in [0, 0.05) is 11.5 Å². The highest BCUT2D eigenvalue weighted by Crippen LogP contribution is 2.48. The summed E-state index contributed by atoms with van der Waals surface area (Å²) in [5.41, 5.74) is 1.90. The SMILES string of the molecule is Cc1cc(C)c(C(O)c2ccc(C3CC3C)o2)c(F)c1. The van der Waals surface area contributed by atoms with Crippen molar-refractivity contribution in [2.24, 2.45) is 5.92 Å². The van der Waals surface area contributed by atoms with Crippen LogP contribution in [0.4, 0.5) is 4.39 Å². The molecule has 0 spiro atoms. The molecular weight excluding hydrogens is 255 g/mol. The number of aliphatic hydroxyl groups is 1. The second-order valence-electron chi connectivity index (χ2n) is 5.94. The van der Waals surface area contributed by atoms with Crippen LogP contribution in [0, 0.1) is 25.6 Å². The van der Waals surface area contributed by atoms with Crippen molar-refractivity contribution < 1.29 is 13.9 Å². The molecule has 2 nitrogen and oxygen atoms in total. The zero-order chi connectivity index (χ0) is 14.4. The zero-order valence-electron chi connectivity index (χ0n) is 12.0. The molecule has 106 valence electrons. The van der Waals surface area contributed by atoms with E-state index in [4.69, 9.17) is 4.42 Å². The van der Waals surface area contributed by atoms with Crippen molar-refractivity contribution in [3.05, 3.63) is 58.3 Å². The van der Waals surface area contributed by atoms with Gasteiger partial charge >= 0.3 is 0 Å². The number of furan rings is 1. The molecule has 1 heterocycles. The van der Waals surface area contributed by atoms with Gasteiger partial charge in [-0.15, -0.1) is 0 Å². The topological polar surface area (TPSA) is 33.4 Å². The summed E-state index contributed by atoms with van der Waals surface area (Å²) < 4.78 is 19.8. The Bertz CT molecular complexity index is 621. The predicted molar refractivity (Wildman–Crippen MR) is 75.2 cm³/mol. The van der Waals surface area contributed by atoms with E-state index in [9.17, 15) is 9.50 Å². The highest BCUT2D eigenvalue weighted by molar-refractivity contribution is 5.37. The third kappa shape index (κ3) is 2.27. The molecule has 0 aliphatic heterocycles. The van der Waals surface area contributed by atoms with Crippen LogP contribution in [-0.2, 0) is 0 Å². The predicted octanol–water partition coefficient (Wildman–Crippen LogP) is 4.24. The molecule has 1 aliphatic carbocycles. The Balaban J connectivity index is 1.92. The Morgan fingerprint density at radius 1 is 1.30 bits per heavy atom. The molecule has 20 heavy (non-hydrogen) atoms. The first-order valence-corrected chi connectivity index (χ1v) is 7.01. The minimum absolute atomic E-state index is 0.306. The van der Waals surface area contributed by atoms with Crippen LogP contribution in [0.5, 0.6) is 0 Å². The Morgan fingerprint density at radius 2 is 2.00 bits per heavy atom. The molecule has 0 radical (unpaired) electrons. The maximum absolute atomic E-state index is 14.1. The highest BCUT2D eigenvalue weighted by atomic mass is 19.1. The molecule has 0 amide bonds. The van der Waals surface area contributed by atoms with Crippen molar-refractivity contribution in [3.63, 3.8) is 0 Å². The fourth-order valence-electron chi connectivity index (χ4n) is 2.85. The van der Waals surface area contributed by atoms with Crippen LogP contribution in [0.1, 0.15) is 53.6 Å². The molecule has 3 rings (SSSR count). The van der Waals surface area contributed by atoms with Crippen LogP contribution in [0.25, 0.3) is 0 Å². The van der Waals surface area contributed by atoms with Gasteiger partial charge in [0.1, 0.15) is 23.4 Å². The standard InChI is InChI=1S/C17H19FO2/c1-9-6-11(3)16(13(18)7-9)17(19)15-5-4-14(20-15)12-8-10(12)2/h4-7,10,12,17,19H,8H2,1-3H3. The minimum atomic E-state index is -1.04. The van der Waals surface area contributed by atoms with Crippen LogP contribution in [0.3, 0.4) is 0 Å². The number of aryl methyl sites for hydroxylation is 2. The number of hydrogen-bond donors (Lipinski definition) is 1. The maximum Gasteiger partial charge on any atom is 0.140 e. The van der Waals surface area contributed by atoms with E-state index in [0.717, 1.165) is 23.3 Å². The van der Waals surface area contributed by atoms with Crippen LogP contribution in [0.2, 0.25) is 0 Å². The summed E-state index contributed by atoms with van der Waals surface area (Å²) in [5, 5.41) is 10.4. The number of rotatable bonds is 3. The summed E-state index contributed by atoms with van der Waals surface area (Å²) in [7, 11) is 0. The molecule has 1 fully saturated rings. The van der Waals surface area contributed by atoms with Gasteiger partial charge in [-0.05, 0) is 55.5 Å². The molecule has 0 saturated heterocycles. The van der Waals surface area contributed by atoms with E-state index in [1.54, 1.807) is 13.0 Å². The summed E-state index contributed by atoms with van der Waals surface area (Å²) in [4.78, 5) is 0. The normalized spacial score (nSPS) is 22.9. The number of hydrogen-bond acceptors (Lipinski definition) is 2. The Hall–Kier alpha value is -1.61. The molecule has 3 heteroatoms. The zero-order valence-corrected chi connectivity index (χ0v) is 12.0. The van der Waals surface area contributed by atoms with E-state index in [1.807, 2.05) is 19.1 Å². The van der Waals surface area contributed by atoms with Gasteiger partial charge in [-0.2, -0.15) is 0 Å². The summed E-state index contributed by atoms with van der Waals surface area (Å²) in [6.07, 6.45) is 0.0828. The summed E-state index contributed by atoms with van der Waals surface area (Å²) in [6.45, 7) is 5.82. The fourth-order valence-corrected chi connectivity index (χ4v) is 2.85. The van der Waals surface area contributed by atoms with Crippen LogP contribution in [-0.4, -0.2) is 5.11 Å². The smallest absolute Gasteiger partial charge is 0.140 e. The van der Waals surface area contributed by atoms with Crippen molar-refractivity contribution in [2.75, 3.05) is 0 Å². The number of benzene rings is 1. The first-order valence-electron chi connectivity index (χ1n) is 7.01. The van der Waals surface area contributed by atoms with Gasteiger partial charge < -0.3 is 9.52 Å². The molecule has 1 aromatic heterocycles. The molecule has 1 saturated carbocycles. The number of aliphatic hydroxyl groups excluding tert-OH is 1. The van der Waals surface area contributed by atoms with E-state index in [-0.39, 0.29) is 5.82 Å². The second-order valence-corrected chi connectivity index (χ2v) is 5.94. The molecule has 1 aliphatic rings. The van der Waals surface area contributed by atoms with Gasteiger partial charge in [-0.3, -0.25) is 0 Å². The monoisotopic (exact) mass is 274 g/mol. The Kier molecular flexibility index (Phi) is 3.17. The van der Waals surface area contributed by atoms with Crippen molar-refractivity contribution >= 4 is 0 Å². The average molecular weight is 274 g/mol. The fraction of sp³-hybridized carbons (Fsp3) is 0.412. The molecule has 1 N–H and O–H groups in total. The van der Waals surface area contributed by atoms with E-state index >= 15 is 0 Å². The molecule has 3 atom stereocenters. The van der Waals surface area contributed by atoms with Gasteiger partial charge in [-0.25, -0.2) is 4.39 Å². The van der Waals surface area contributed by atoms with Crippen LogP contribution < -0.4 is 0 Å². The lowest BCUT2D eigenvalue weighted by Crippen LogP contribution is -2.04. The third-order valence-electron chi connectivity index (χ3n) is 4.15. The van der Waals surface area contributed by atoms with Gasteiger partial charge in [0.15, 0.2) is 0 Å². The first-order chi connectivity index (χ1) is 9.47. The summed E-state index contributed by atoms with van der Waals surface area (Å²) in [6, 6.07) is 6.96. The minimum Gasteiger partial charge on any atom is -0.463 e. The van der Waals surface area contributed by atoms with Crippen LogP contribution in [0.15, 0.2) is 28.7 Å². The van der Waals surface area contributed by atoms with E-state index in [1.165, 1.54) is 6.07 Å². The van der Waals surface area contributed by atoms with Gasteiger partial charge in [0.2, 0.25) is 0 Å². The van der Waals surface area contributed by atoms with E-state index in [2.05, 4.69) is 6.92 Å². The van der Waals surface area contributed by atoms with Gasteiger partial charge in [0.05, 0.1) is 0 Å². The summed E-state index contributed by atoms with van der Waals surface area (Å²) >= 11 is 0. The number of halogens is 1. The highest BCUT2D eigenvalue weighted by Gasteiger charge is 2.37. The first kappa shape index (κ1) is 13.4. The average Bonchev–Trinajstić information content (AvgIpc) is 2.90. The van der Waals surface area contributed by atoms with Gasteiger partial charge in [-0.1, -0.05) is 13.0 Å². The van der Waals surface area contributed by atoms with E-state index in [0.29, 0.717) is 23.2 Å². The lowest BCUT2D eigenvalue weighted by atomic mass is 9.99. The molecule has 3 unspecified atom stereocenters. The second kappa shape index (κ2) is 4.74. The summed E-state index contributed by atoms with van der Waals surface area (Å²) in [5.74, 6) is 2.04. The largest absolute Gasteiger partial charge is 0.463 e. The molecule has 0 bridgehead atoms.